The highest BCUT2D eigenvalue weighted by molar-refractivity contribution is 8.13. The van der Waals surface area contributed by atoms with Crippen LogP contribution in [0.3, 0.4) is 0 Å². The van der Waals surface area contributed by atoms with Crippen molar-refractivity contribution >= 4 is 34.4 Å². The summed E-state index contributed by atoms with van der Waals surface area (Å²) in [4.78, 5) is 18.2. The number of nitriles is 1. The highest BCUT2D eigenvalue weighted by atomic mass is 32.2. The van der Waals surface area contributed by atoms with Crippen molar-refractivity contribution in [2.75, 3.05) is 24.7 Å². The first-order valence-electron chi connectivity index (χ1n) is 8.43. The van der Waals surface area contributed by atoms with Gasteiger partial charge in [-0.3, -0.25) is 5.32 Å². The van der Waals surface area contributed by atoms with Crippen LogP contribution >= 0.6 is 11.8 Å². The van der Waals surface area contributed by atoms with Crippen molar-refractivity contribution in [1.82, 2.24) is 10.2 Å². The van der Waals surface area contributed by atoms with E-state index < -0.39 is 5.60 Å². The molecular formula is C18H25N5O2S. The van der Waals surface area contributed by atoms with Gasteiger partial charge < -0.3 is 15.0 Å². The Morgan fingerprint density at radius 2 is 2.08 bits per heavy atom. The second-order valence-corrected chi connectivity index (χ2v) is 7.76. The third-order valence-electron chi connectivity index (χ3n) is 3.66. The van der Waals surface area contributed by atoms with E-state index in [1.807, 2.05) is 57.5 Å². The highest BCUT2D eigenvalue weighted by Gasteiger charge is 2.29. The number of nitrogens with one attached hydrogen (secondary N) is 2. The van der Waals surface area contributed by atoms with Gasteiger partial charge in [0.05, 0.1) is 5.69 Å². The van der Waals surface area contributed by atoms with Crippen molar-refractivity contribution in [3.8, 4) is 6.19 Å². The van der Waals surface area contributed by atoms with Crippen LogP contribution in [-0.2, 0) is 4.74 Å². The number of rotatable bonds is 3. The van der Waals surface area contributed by atoms with Gasteiger partial charge in [-0.2, -0.15) is 5.26 Å². The molecule has 0 spiro atoms. The molecule has 0 aromatic heterocycles. The minimum absolute atomic E-state index is 0.193. The van der Waals surface area contributed by atoms with Gasteiger partial charge in [0, 0.05) is 24.8 Å². The number of amidine groups is 1. The van der Waals surface area contributed by atoms with Crippen LogP contribution in [0.1, 0.15) is 27.2 Å². The average molecular weight is 375 g/mol. The van der Waals surface area contributed by atoms with Gasteiger partial charge in [0.15, 0.2) is 11.4 Å². The Labute approximate surface area is 158 Å². The van der Waals surface area contributed by atoms with Crippen LogP contribution in [0.2, 0.25) is 0 Å². The smallest absolute Gasteiger partial charge is 0.410 e. The zero-order chi connectivity index (χ0) is 19.2. The van der Waals surface area contributed by atoms with Gasteiger partial charge in [0.25, 0.3) is 0 Å². The molecule has 0 bridgehead atoms. The number of hydrogen-bond donors (Lipinski definition) is 2. The number of ether oxygens (including phenoxy) is 1. The van der Waals surface area contributed by atoms with Crippen molar-refractivity contribution in [1.29, 1.82) is 5.26 Å². The van der Waals surface area contributed by atoms with Crippen LogP contribution in [0.5, 0.6) is 0 Å². The fraction of sp³-hybridized carbons (Fsp3) is 0.500. The predicted octanol–water partition coefficient (Wildman–Crippen LogP) is 3.53. The molecule has 1 aliphatic rings. The molecule has 2 N–H and O–H groups in total. The summed E-state index contributed by atoms with van der Waals surface area (Å²) in [5, 5.41) is 15.2. The fourth-order valence-corrected chi connectivity index (χ4v) is 2.87. The topological polar surface area (TPSA) is 89.8 Å². The molecule has 26 heavy (non-hydrogen) atoms. The van der Waals surface area contributed by atoms with Gasteiger partial charge in [-0.15, -0.1) is 0 Å². The van der Waals surface area contributed by atoms with Crippen molar-refractivity contribution in [3.63, 3.8) is 0 Å². The van der Waals surface area contributed by atoms with Gasteiger partial charge in [0.2, 0.25) is 0 Å². The monoisotopic (exact) mass is 375 g/mol. The highest BCUT2D eigenvalue weighted by Crippen LogP contribution is 2.21. The Morgan fingerprint density at radius 3 is 2.65 bits per heavy atom. The maximum Gasteiger partial charge on any atom is 0.410 e. The van der Waals surface area contributed by atoms with Gasteiger partial charge in [-0.1, -0.05) is 11.8 Å². The fourth-order valence-electron chi connectivity index (χ4n) is 2.53. The van der Waals surface area contributed by atoms with Gasteiger partial charge in [0.1, 0.15) is 5.60 Å². The average Bonchev–Trinajstić information content (AvgIpc) is 3.03. The number of hydrogen-bond acceptors (Lipinski definition) is 6. The molecule has 1 fully saturated rings. The van der Waals surface area contributed by atoms with Crippen LogP contribution in [0.15, 0.2) is 29.3 Å². The largest absolute Gasteiger partial charge is 0.444 e. The second-order valence-electron chi connectivity index (χ2n) is 6.96. The van der Waals surface area contributed by atoms with Crippen molar-refractivity contribution in [2.45, 2.75) is 38.8 Å². The Bertz CT molecular complexity index is 691. The third kappa shape index (κ3) is 6.15. The van der Waals surface area contributed by atoms with E-state index in [2.05, 4.69) is 15.6 Å². The van der Waals surface area contributed by atoms with Crippen molar-refractivity contribution in [3.05, 3.63) is 24.3 Å². The summed E-state index contributed by atoms with van der Waals surface area (Å²) in [6.07, 6.45) is 4.34. The predicted molar refractivity (Wildman–Crippen MR) is 106 cm³/mol. The van der Waals surface area contributed by atoms with E-state index >= 15 is 0 Å². The number of carbonyl (C=O) groups is 1. The van der Waals surface area contributed by atoms with E-state index in [9.17, 15) is 4.79 Å². The lowest BCUT2D eigenvalue weighted by Gasteiger charge is -2.24. The number of anilines is 1. The minimum atomic E-state index is -0.477. The van der Waals surface area contributed by atoms with Crippen LogP contribution < -0.4 is 10.6 Å². The molecule has 1 saturated heterocycles. The first kappa shape index (κ1) is 19.9. The van der Waals surface area contributed by atoms with Crippen LogP contribution in [-0.4, -0.2) is 47.1 Å². The van der Waals surface area contributed by atoms with E-state index in [4.69, 9.17) is 10.00 Å². The normalized spacial score (nSPS) is 17.6. The molecular weight excluding hydrogens is 350 g/mol. The van der Waals surface area contributed by atoms with Crippen molar-refractivity contribution in [2.24, 2.45) is 4.99 Å². The van der Waals surface area contributed by atoms with Crippen LogP contribution in [0, 0.1) is 11.5 Å². The van der Waals surface area contributed by atoms with Gasteiger partial charge in [-0.05, 0) is 57.7 Å². The summed E-state index contributed by atoms with van der Waals surface area (Å²) in [7, 11) is 0. The summed E-state index contributed by atoms with van der Waals surface area (Å²) in [5.41, 5.74) is 1.26. The molecule has 1 atom stereocenters. The molecule has 140 valence electrons. The molecule has 2 rings (SSSR count). The summed E-state index contributed by atoms with van der Waals surface area (Å²) >= 11 is 1.38. The first-order chi connectivity index (χ1) is 12.3. The number of thioether (sulfide) groups is 1. The van der Waals surface area contributed by atoms with E-state index in [1.165, 1.54) is 11.8 Å². The number of nitrogens with zero attached hydrogens (tertiary/aromatic N) is 3. The summed E-state index contributed by atoms with van der Waals surface area (Å²) in [5.74, 6) is 0. The molecule has 1 aromatic rings. The Hall–Kier alpha value is -2.40. The number of aliphatic imine (C=N–C) groups is 1. The SMILES string of the molecule is CSC(=Nc1ccc(NC2CCN(C(=O)OC(C)(C)C)C2)cc1)NC#N. The van der Waals surface area contributed by atoms with Gasteiger partial charge in [-0.25, -0.2) is 9.79 Å². The molecule has 7 nitrogen and oxygen atoms in total. The molecule has 1 heterocycles. The summed E-state index contributed by atoms with van der Waals surface area (Å²) in [6.45, 7) is 6.92. The number of carbonyl (C=O) groups excluding carboxylic acids is 1. The lowest BCUT2D eigenvalue weighted by Crippen LogP contribution is -2.36. The van der Waals surface area contributed by atoms with Crippen molar-refractivity contribution < 1.29 is 9.53 Å². The lowest BCUT2D eigenvalue weighted by atomic mass is 10.2. The standard InChI is InChI=1S/C18H25N5O2S/c1-18(2,3)25-17(24)23-10-9-15(11-23)21-13-5-7-14(8-6-13)22-16(26-4)20-12-19/h5-8,15,21H,9-11H2,1-4H3,(H,20,22). The number of likely N-dealkylation sites (tertiary alicyclic amines) is 1. The molecule has 0 radical (unpaired) electrons. The number of benzene rings is 1. The first-order valence-corrected chi connectivity index (χ1v) is 9.65. The lowest BCUT2D eigenvalue weighted by molar-refractivity contribution is 0.0293. The quantitative estimate of drug-likeness (QED) is 0.364. The molecule has 0 saturated carbocycles. The van der Waals surface area contributed by atoms with E-state index in [-0.39, 0.29) is 12.1 Å². The van der Waals surface area contributed by atoms with E-state index in [0.717, 1.165) is 17.8 Å². The second kappa shape index (κ2) is 8.81. The zero-order valence-corrected chi connectivity index (χ0v) is 16.4. The van der Waals surface area contributed by atoms with E-state index in [0.29, 0.717) is 18.3 Å². The molecule has 1 aliphatic heterocycles. The zero-order valence-electron chi connectivity index (χ0n) is 15.6. The third-order valence-corrected chi connectivity index (χ3v) is 4.24. The Kier molecular flexibility index (Phi) is 6.75. The summed E-state index contributed by atoms with van der Waals surface area (Å²) in [6, 6.07) is 7.86. The molecule has 0 aliphatic carbocycles. The maximum atomic E-state index is 12.1. The molecule has 8 heteroatoms. The Morgan fingerprint density at radius 1 is 1.38 bits per heavy atom. The number of amides is 1. The Balaban J connectivity index is 1.90. The van der Waals surface area contributed by atoms with Crippen LogP contribution in [0.25, 0.3) is 0 Å². The van der Waals surface area contributed by atoms with Gasteiger partial charge >= 0.3 is 6.09 Å². The maximum absolute atomic E-state index is 12.1. The van der Waals surface area contributed by atoms with E-state index in [1.54, 1.807) is 4.90 Å². The minimum Gasteiger partial charge on any atom is -0.444 e. The summed E-state index contributed by atoms with van der Waals surface area (Å²) < 4.78 is 5.42. The molecule has 1 unspecified atom stereocenters. The van der Waals surface area contributed by atoms with Crippen LogP contribution in [0.4, 0.5) is 16.2 Å². The molecule has 1 amide bonds. The molecule has 1 aromatic carbocycles.